The Morgan fingerprint density at radius 1 is 1.05 bits per heavy atom. The topological polar surface area (TPSA) is 57.5 Å². The van der Waals surface area contributed by atoms with Crippen LogP contribution in [-0.2, 0) is 10.3 Å². The number of benzene rings is 2. The second kappa shape index (κ2) is 5.59. The first-order valence-corrected chi connectivity index (χ1v) is 7.28. The zero-order valence-electron chi connectivity index (χ0n) is 12.4. The Bertz CT molecular complexity index is 772. The predicted molar refractivity (Wildman–Crippen MR) is 84.3 cm³/mol. The first-order chi connectivity index (χ1) is 10.6. The maximum absolute atomic E-state index is 12.5. The van der Waals surface area contributed by atoms with Crippen molar-refractivity contribution < 1.29 is 10.1 Å². The molecule has 3 rings (SSSR count). The quantitative estimate of drug-likeness (QED) is 0.922. The van der Waals surface area contributed by atoms with E-state index in [0.717, 1.165) is 16.7 Å². The fourth-order valence-electron chi connectivity index (χ4n) is 3.03. The zero-order valence-corrected chi connectivity index (χ0v) is 12.4. The highest BCUT2D eigenvalue weighted by Crippen LogP contribution is 2.34. The fraction of sp³-hybridized carbons (Fsp3) is 0.158. The second-order valence-electron chi connectivity index (χ2n) is 5.80. The van der Waals surface area contributed by atoms with Crippen molar-refractivity contribution in [1.29, 1.82) is 5.26 Å². The number of nitriles is 1. The van der Waals surface area contributed by atoms with Crippen LogP contribution in [0.5, 0.6) is 0 Å². The van der Waals surface area contributed by atoms with Gasteiger partial charge in [-0.3, -0.25) is 5.32 Å². The maximum Gasteiger partial charge on any atom is 0.354 e. The minimum absolute atomic E-state index is 0.182. The van der Waals surface area contributed by atoms with E-state index in [1.807, 2.05) is 60.7 Å². The van der Waals surface area contributed by atoms with E-state index in [-0.39, 0.29) is 17.0 Å². The molecule has 2 aromatic rings. The Morgan fingerprint density at radius 2 is 1.64 bits per heavy atom. The molecule has 0 aliphatic carbocycles. The molecular formula is C19H17N2O+. The van der Waals surface area contributed by atoms with Gasteiger partial charge in [0, 0.05) is 12.0 Å². The summed E-state index contributed by atoms with van der Waals surface area (Å²) in [4.78, 5) is 12.5. The number of carbonyl (C=O) groups excluding carboxylic acids is 1. The summed E-state index contributed by atoms with van der Waals surface area (Å²) >= 11 is 0. The average Bonchev–Trinajstić information content (AvgIpc) is 2.56. The number of rotatable bonds is 2. The minimum atomic E-state index is -0.385. The van der Waals surface area contributed by atoms with Crippen LogP contribution in [-0.4, -0.2) is 5.91 Å². The third-order valence-electron chi connectivity index (χ3n) is 4.21. The van der Waals surface area contributed by atoms with Gasteiger partial charge in [-0.1, -0.05) is 60.7 Å². The highest BCUT2D eigenvalue weighted by Gasteiger charge is 2.41. The zero-order chi connectivity index (χ0) is 15.6. The Labute approximate surface area is 129 Å². The Hall–Kier alpha value is -2.70. The van der Waals surface area contributed by atoms with Gasteiger partial charge >= 0.3 is 5.91 Å². The Balaban J connectivity index is 2.11. The van der Waals surface area contributed by atoms with Gasteiger partial charge in [0.2, 0.25) is 0 Å². The summed E-state index contributed by atoms with van der Waals surface area (Å²) < 4.78 is 0. The lowest BCUT2D eigenvalue weighted by Crippen LogP contribution is -2.98. The molecule has 108 valence electrons. The molecular weight excluding hydrogens is 272 g/mol. The van der Waals surface area contributed by atoms with Crippen LogP contribution in [0.4, 0.5) is 0 Å². The van der Waals surface area contributed by atoms with E-state index in [0.29, 0.717) is 6.42 Å². The lowest BCUT2D eigenvalue weighted by atomic mass is 9.78. The van der Waals surface area contributed by atoms with Gasteiger partial charge < -0.3 is 0 Å². The Morgan fingerprint density at radius 3 is 2.23 bits per heavy atom. The summed E-state index contributed by atoms with van der Waals surface area (Å²) in [5.74, 6) is -0.182. The SMILES string of the molecule is CC1(c2ccccc2)CC(c2ccccc2)=C(C#N)C(=O)[NH2+]1. The van der Waals surface area contributed by atoms with Crippen molar-refractivity contribution in [3.8, 4) is 6.07 Å². The highest BCUT2D eigenvalue weighted by molar-refractivity contribution is 6.01. The first-order valence-electron chi connectivity index (χ1n) is 7.28. The predicted octanol–water partition coefficient (Wildman–Crippen LogP) is 2.37. The molecule has 0 aromatic heterocycles. The molecule has 1 aliphatic heterocycles. The van der Waals surface area contributed by atoms with Crippen molar-refractivity contribution in [2.24, 2.45) is 0 Å². The molecule has 1 atom stereocenters. The molecule has 0 saturated heterocycles. The molecule has 2 N–H and O–H groups in total. The van der Waals surface area contributed by atoms with E-state index in [1.54, 1.807) is 5.32 Å². The summed E-state index contributed by atoms with van der Waals surface area (Å²) in [6.07, 6.45) is 0.648. The van der Waals surface area contributed by atoms with Crippen LogP contribution in [0.3, 0.4) is 0 Å². The normalized spacial score (nSPS) is 21.5. The van der Waals surface area contributed by atoms with Crippen molar-refractivity contribution in [1.82, 2.24) is 0 Å². The number of quaternary nitrogens is 1. The molecule has 1 aliphatic rings. The number of nitrogens with zero attached hydrogens (tertiary/aromatic N) is 1. The fourth-order valence-corrected chi connectivity index (χ4v) is 3.03. The largest absolute Gasteiger partial charge is 0.354 e. The first kappa shape index (κ1) is 14.2. The van der Waals surface area contributed by atoms with Crippen LogP contribution in [0.1, 0.15) is 24.5 Å². The smallest absolute Gasteiger partial charge is 0.269 e. The molecule has 0 fully saturated rings. The van der Waals surface area contributed by atoms with Crippen LogP contribution >= 0.6 is 0 Å². The number of nitrogens with two attached hydrogens (primary N) is 1. The summed E-state index contributed by atoms with van der Waals surface area (Å²) in [6.45, 7) is 2.05. The summed E-state index contributed by atoms with van der Waals surface area (Å²) in [6, 6.07) is 21.8. The van der Waals surface area contributed by atoms with Gasteiger partial charge in [-0.2, -0.15) is 5.26 Å². The van der Waals surface area contributed by atoms with E-state index in [9.17, 15) is 10.1 Å². The lowest BCUT2D eigenvalue weighted by Gasteiger charge is -2.32. The third kappa shape index (κ3) is 2.45. The maximum atomic E-state index is 12.5. The molecule has 3 heteroatoms. The van der Waals surface area contributed by atoms with Crippen molar-refractivity contribution in [2.45, 2.75) is 18.9 Å². The van der Waals surface area contributed by atoms with Crippen molar-refractivity contribution in [3.63, 3.8) is 0 Å². The number of carbonyl (C=O) groups is 1. The third-order valence-corrected chi connectivity index (χ3v) is 4.21. The molecule has 0 bridgehead atoms. The standard InChI is InChI=1S/C19H16N2O/c1-19(15-10-6-3-7-11-15)12-16(14-8-4-2-5-9-14)17(13-20)18(22)21-19/h2-11H,12H2,1H3,(H,21,22)/p+1. The molecule has 3 nitrogen and oxygen atoms in total. The van der Waals surface area contributed by atoms with Gasteiger partial charge in [0.15, 0.2) is 5.57 Å². The van der Waals surface area contributed by atoms with Crippen molar-refractivity contribution in [3.05, 3.63) is 77.4 Å². The summed E-state index contributed by atoms with van der Waals surface area (Å²) in [7, 11) is 0. The highest BCUT2D eigenvalue weighted by atomic mass is 16.1. The van der Waals surface area contributed by atoms with E-state index < -0.39 is 0 Å². The van der Waals surface area contributed by atoms with Gasteiger partial charge in [0.05, 0.1) is 0 Å². The molecule has 1 heterocycles. The molecule has 0 spiro atoms. The molecule has 1 unspecified atom stereocenters. The molecule has 22 heavy (non-hydrogen) atoms. The van der Waals surface area contributed by atoms with E-state index in [4.69, 9.17) is 0 Å². The van der Waals surface area contributed by atoms with Crippen LogP contribution in [0.15, 0.2) is 66.2 Å². The Kier molecular flexibility index (Phi) is 3.62. The molecule has 0 radical (unpaired) electrons. The van der Waals surface area contributed by atoms with Crippen LogP contribution in [0.2, 0.25) is 0 Å². The van der Waals surface area contributed by atoms with E-state index in [2.05, 4.69) is 13.0 Å². The number of primary amides is 1. The van der Waals surface area contributed by atoms with E-state index in [1.165, 1.54) is 0 Å². The van der Waals surface area contributed by atoms with Crippen LogP contribution in [0.25, 0.3) is 5.57 Å². The number of hydrogen-bond donors (Lipinski definition) is 1. The molecule has 1 amide bonds. The molecule has 0 saturated carbocycles. The lowest BCUT2D eigenvalue weighted by molar-refractivity contribution is -0.651. The monoisotopic (exact) mass is 289 g/mol. The number of amides is 1. The van der Waals surface area contributed by atoms with Gasteiger partial charge in [-0.15, -0.1) is 0 Å². The van der Waals surface area contributed by atoms with Gasteiger partial charge in [0.1, 0.15) is 11.6 Å². The van der Waals surface area contributed by atoms with Crippen LogP contribution < -0.4 is 5.32 Å². The summed E-state index contributed by atoms with van der Waals surface area (Å²) in [5.41, 5.74) is 2.75. The van der Waals surface area contributed by atoms with Crippen molar-refractivity contribution in [2.75, 3.05) is 0 Å². The van der Waals surface area contributed by atoms with Gasteiger partial charge in [-0.05, 0) is 18.1 Å². The number of hydrogen-bond acceptors (Lipinski definition) is 2. The minimum Gasteiger partial charge on any atom is -0.269 e. The van der Waals surface area contributed by atoms with Crippen molar-refractivity contribution >= 4 is 11.5 Å². The average molecular weight is 289 g/mol. The van der Waals surface area contributed by atoms with Crippen LogP contribution in [0, 0.1) is 11.3 Å². The van der Waals surface area contributed by atoms with Gasteiger partial charge in [0.25, 0.3) is 0 Å². The van der Waals surface area contributed by atoms with Gasteiger partial charge in [-0.25, -0.2) is 4.79 Å². The summed E-state index contributed by atoms with van der Waals surface area (Å²) in [5, 5.41) is 11.1. The molecule has 2 aromatic carbocycles. The second-order valence-corrected chi connectivity index (χ2v) is 5.80. The van der Waals surface area contributed by atoms with E-state index >= 15 is 0 Å².